The molecule has 0 bridgehead atoms. The molecule has 0 saturated heterocycles. The van der Waals surface area contributed by atoms with E-state index in [-0.39, 0.29) is 5.22 Å². The lowest BCUT2D eigenvalue weighted by molar-refractivity contribution is 0.453. The van der Waals surface area contributed by atoms with Crippen molar-refractivity contribution in [3.63, 3.8) is 0 Å². The Bertz CT molecular complexity index is 646. The second kappa shape index (κ2) is 4.03. The molecular formula is C11H14N2O3S. The maximum atomic E-state index is 12.0. The summed E-state index contributed by atoms with van der Waals surface area (Å²) < 4.78 is 29.3. The number of nitrogen functional groups attached to an aromatic ring is 1. The van der Waals surface area contributed by atoms with Crippen LogP contribution in [0.2, 0.25) is 0 Å². The van der Waals surface area contributed by atoms with Crippen LogP contribution >= 0.6 is 0 Å². The minimum atomic E-state index is -3.48. The summed E-state index contributed by atoms with van der Waals surface area (Å²) in [6.07, 6.45) is 0.517. The number of rotatable bonds is 3. The molecule has 0 aliphatic carbocycles. The minimum Gasteiger partial charge on any atom is -0.428 e. The van der Waals surface area contributed by atoms with Crippen LogP contribution in [-0.4, -0.2) is 18.7 Å². The summed E-state index contributed by atoms with van der Waals surface area (Å²) in [6, 6.07) is 4.87. The van der Waals surface area contributed by atoms with Crippen LogP contribution in [0.25, 0.3) is 11.1 Å². The molecule has 0 aliphatic rings. The van der Waals surface area contributed by atoms with Crippen LogP contribution in [0, 0.1) is 0 Å². The predicted octanol–water partition coefficient (Wildman–Crippen LogP) is 1.98. The molecule has 5 nitrogen and oxygen atoms in total. The molecule has 2 aromatic rings. The monoisotopic (exact) mass is 254 g/mol. The lowest BCUT2D eigenvalue weighted by Crippen LogP contribution is -2.17. The van der Waals surface area contributed by atoms with E-state index in [0.29, 0.717) is 23.2 Å². The minimum absolute atomic E-state index is 0.229. The molecule has 0 aliphatic heterocycles. The smallest absolute Gasteiger partial charge is 0.316 e. The molecule has 1 unspecified atom stereocenters. The first kappa shape index (κ1) is 11.9. The summed E-state index contributed by atoms with van der Waals surface area (Å²) in [7, 11) is -3.48. The third kappa shape index (κ3) is 2.00. The first-order chi connectivity index (χ1) is 7.95. The number of nitrogens with two attached hydrogens (primary N) is 1. The number of hydrogen-bond acceptors (Lipinski definition) is 5. The summed E-state index contributed by atoms with van der Waals surface area (Å²) in [6.45, 7) is 3.45. The standard InChI is InChI=1S/C11H14N2O3S/c1-3-7(2)17(14,15)11-13-9-5-4-8(12)6-10(9)16-11/h4-7H,3,12H2,1-2H3. The van der Waals surface area contributed by atoms with Gasteiger partial charge in [-0.1, -0.05) is 6.92 Å². The van der Waals surface area contributed by atoms with E-state index < -0.39 is 15.1 Å². The van der Waals surface area contributed by atoms with E-state index in [0.717, 1.165) is 0 Å². The number of oxazole rings is 1. The normalized spacial score (nSPS) is 14.0. The van der Waals surface area contributed by atoms with Gasteiger partial charge in [0.1, 0.15) is 5.52 Å². The number of sulfone groups is 1. The Hall–Kier alpha value is -1.56. The topological polar surface area (TPSA) is 86.2 Å². The van der Waals surface area contributed by atoms with Crippen molar-refractivity contribution in [1.82, 2.24) is 4.98 Å². The van der Waals surface area contributed by atoms with Crippen molar-refractivity contribution in [3.05, 3.63) is 18.2 Å². The Morgan fingerprint density at radius 1 is 1.47 bits per heavy atom. The summed E-state index contributed by atoms with van der Waals surface area (Å²) >= 11 is 0. The van der Waals surface area contributed by atoms with Gasteiger partial charge in [-0.05, 0) is 25.5 Å². The molecule has 0 saturated carbocycles. The maximum Gasteiger partial charge on any atom is 0.316 e. The van der Waals surface area contributed by atoms with E-state index in [4.69, 9.17) is 10.2 Å². The SMILES string of the molecule is CCC(C)S(=O)(=O)c1nc2ccc(N)cc2o1. The predicted molar refractivity (Wildman–Crippen MR) is 65.4 cm³/mol. The van der Waals surface area contributed by atoms with Gasteiger partial charge in [0.2, 0.25) is 9.84 Å². The van der Waals surface area contributed by atoms with E-state index in [1.54, 1.807) is 25.1 Å². The van der Waals surface area contributed by atoms with Crippen molar-refractivity contribution >= 4 is 26.6 Å². The number of fused-ring (bicyclic) bond motifs is 1. The zero-order valence-corrected chi connectivity index (χ0v) is 10.5. The Labute approximate surface area is 99.6 Å². The van der Waals surface area contributed by atoms with E-state index in [1.807, 2.05) is 6.92 Å². The van der Waals surface area contributed by atoms with Crippen molar-refractivity contribution in [1.29, 1.82) is 0 Å². The number of aromatic nitrogens is 1. The average Bonchev–Trinajstić information content (AvgIpc) is 2.71. The fourth-order valence-corrected chi connectivity index (χ4v) is 2.65. The fourth-order valence-electron chi connectivity index (χ4n) is 1.43. The summed E-state index contributed by atoms with van der Waals surface area (Å²) in [4.78, 5) is 3.98. The van der Waals surface area contributed by atoms with Gasteiger partial charge in [-0.3, -0.25) is 0 Å². The number of hydrogen-bond donors (Lipinski definition) is 1. The molecule has 1 aromatic carbocycles. The summed E-state index contributed by atoms with van der Waals surface area (Å²) in [5.74, 6) is 0. The summed E-state index contributed by atoms with van der Waals surface area (Å²) in [5.41, 5.74) is 7.00. The molecule has 1 aromatic heterocycles. The first-order valence-electron chi connectivity index (χ1n) is 5.35. The quantitative estimate of drug-likeness (QED) is 0.846. The van der Waals surface area contributed by atoms with Crippen molar-refractivity contribution in [3.8, 4) is 0 Å². The zero-order valence-electron chi connectivity index (χ0n) is 9.67. The Morgan fingerprint density at radius 3 is 2.82 bits per heavy atom. The van der Waals surface area contributed by atoms with E-state index in [1.165, 1.54) is 0 Å². The van der Waals surface area contributed by atoms with Crippen LogP contribution in [-0.2, 0) is 9.84 Å². The van der Waals surface area contributed by atoms with Gasteiger partial charge in [0.25, 0.3) is 0 Å². The molecule has 6 heteroatoms. The highest BCUT2D eigenvalue weighted by atomic mass is 32.2. The molecule has 0 radical (unpaired) electrons. The molecule has 1 heterocycles. The number of benzene rings is 1. The maximum absolute atomic E-state index is 12.0. The van der Waals surface area contributed by atoms with Crippen molar-refractivity contribution < 1.29 is 12.8 Å². The lowest BCUT2D eigenvalue weighted by Gasteiger charge is -2.05. The van der Waals surface area contributed by atoms with Crippen LogP contribution in [0.1, 0.15) is 20.3 Å². The molecule has 2 rings (SSSR count). The lowest BCUT2D eigenvalue weighted by atomic mass is 10.3. The Kier molecular flexibility index (Phi) is 2.82. The molecule has 17 heavy (non-hydrogen) atoms. The van der Waals surface area contributed by atoms with Crippen molar-refractivity contribution in [2.45, 2.75) is 30.7 Å². The number of anilines is 1. The third-order valence-electron chi connectivity index (χ3n) is 2.74. The molecule has 2 N–H and O–H groups in total. The first-order valence-corrected chi connectivity index (χ1v) is 6.89. The van der Waals surface area contributed by atoms with Crippen LogP contribution in [0.4, 0.5) is 5.69 Å². The molecule has 0 fully saturated rings. The molecule has 1 atom stereocenters. The Morgan fingerprint density at radius 2 is 2.18 bits per heavy atom. The highest BCUT2D eigenvalue weighted by Crippen LogP contribution is 2.24. The van der Waals surface area contributed by atoms with Gasteiger partial charge >= 0.3 is 5.22 Å². The van der Waals surface area contributed by atoms with Crippen molar-refractivity contribution in [2.75, 3.05) is 5.73 Å². The third-order valence-corrected chi connectivity index (χ3v) is 4.80. The van der Waals surface area contributed by atoms with Gasteiger partial charge in [-0.25, -0.2) is 8.42 Å². The highest BCUT2D eigenvalue weighted by Gasteiger charge is 2.27. The van der Waals surface area contributed by atoms with E-state index in [2.05, 4.69) is 4.98 Å². The van der Waals surface area contributed by atoms with Crippen LogP contribution in [0.5, 0.6) is 0 Å². The molecular weight excluding hydrogens is 240 g/mol. The van der Waals surface area contributed by atoms with Crippen LogP contribution in [0.15, 0.2) is 27.8 Å². The molecule has 92 valence electrons. The van der Waals surface area contributed by atoms with Crippen LogP contribution in [0.3, 0.4) is 0 Å². The van der Waals surface area contributed by atoms with Gasteiger partial charge in [0.15, 0.2) is 5.58 Å². The second-order valence-electron chi connectivity index (χ2n) is 3.97. The Balaban J connectivity index is 2.57. The molecule has 0 amide bonds. The highest BCUT2D eigenvalue weighted by molar-refractivity contribution is 7.91. The van der Waals surface area contributed by atoms with Gasteiger partial charge in [-0.2, -0.15) is 4.98 Å². The van der Waals surface area contributed by atoms with Gasteiger partial charge in [0.05, 0.1) is 5.25 Å². The largest absolute Gasteiger partial charge is 0.428 e. The van der Waals surface area contributed by atoms with E-state index >= 15 is 0 Å². The van der Waals surface area contributed by atoms with Crippen molar-refractivity contribution in [2.24, 2.45) is 0 Å². The fraction of sp³-hybridized carbons (Fsp3) is 0.364. The molecule has 0 spiro atoms. The zero-order chi connectivity index (χ0) is 12.6. The van der Waals surface area contributed by atoms with Crippen LogP contribution < -0.4 is 5.73 Å². The van der Waals surface area contributed by atoms with Gasteiger partial charge in [-0.15, -0.1) is 0 Å². The second-order valence-corrected chi connectivity index (χ2v) is 6.21. The number of nitrogens with zero attached hydrogens (tertiary/aromatic N) is 1. The van der Waals surface area contributed by atoms with Gasteiger partial charge in [0, 0.05) is 11.8 Å². The summed E-state index contributed by atoms with van der Waals surface area (Å²) in [5, 5.41) is -0.736. The average molecular weight is 254 g/mol. The van der Waals surface area contributed by atoms with Gasteiger partial charge < -0.3 is 10.2 Å². The van der Waals surface area contributed by atoms with E-state index in [9.17, 15) is 8.42 Å².